The van der Waals surface area contributed by atoms with E-state index in [9.17, 15) is 0 Å². The van der Waals surface area contributed by atoms with Gasteiger partial charge in [-0.2, -0.15) is 0 Å². The van der Waals surface area contributed by atoms with Gasteiger partial charge in [0, 0.05) is 5.69 Å². The van der Waals surface area contributed by atoms with Gasteiger partial charge in [-0.25, -0.2) is 0 Å². The van der Waals surface area contributed by atoms with Crippen molar-refractivity contribution < 1.29 is 0 Å². The number of nitrogens with two attached hydrogens (primary N) is 1. The standard InChI is InChI=1S/C15H23N/c1-8-7-15(5,6)13-10(3)9(2)11(4)14(16)12(8)13/h8H,7,16H2,1-6H3. The highest BCUT2D eigenvalue weighted by atomic mass is 14.6. The van der Waals surface area contributed by atoms with Crippen molar-refractivity contribution in [1.29, 1.82) is 0 Å². The van der Waals surface area contributed by atoms with Crippen LogP contribution in [0, 0.1) is 20.8 Å². The summed E-state index contributed by atoms with van der Waals surface area (Å²) < 4.78 is 0. The van der Waals surface area contributed by atoms with Crippen molar-refractivity contribution in [3.63, 3.8) is 0 Å². The van der Waals surface area contributed by atoms with E-state index in [0.717, 1.165) is 5.69 Å². The van der Waals surface area contributed by atoms with Gasteiger partial charge in [-0.3, -0.25) is 0 Å². The molecule has 1 aromatic rings. The third-order valence-corrected chi connectivity index (χ3v) is 4.45. The fourth-order valence-corrected chi connectivity index (χ4v) is 3.56. The molecule has 2 N–H and O–H groups in total. The molecule has 1 atom stereocenters. The number of nitrogen functional groups attached to an aromatic ring is 1. The number of rotatable bonds is 0. The van der Waals surface area contributed by atoms with E-state index in [2.05, 4.69) is 41.5 Å². The summed E-state index contributed by atoms with van der Waals surface area (Å²) in [6.45, 7) is 13.6. The van der Waals surface area contributed by atoms with Gasteiger partial charge in [0.25, 0.3) is 0 Å². The van der Waals surface area contributed by atoms with Crippen LogP contribution in [0.4, 0.5) is 5.69 Å². The topological polar surface area (TPSA) is 26.0 Å². The minimum atomic E-state index is 0.283. The third kappa shape index (κ3) is 1.30. The van der Waals surface area contributed by atoms with Crippen molar-refractivity contribution in [3.8, 4) is 0 Å². The highest BCUT2D eigenvalue weighted by Crippen LogP contribution is 2.50. The van der Waals surface area contributed by atoms with Crippen LogP contribution in [0.5, 0.6) is 0 Å². The van der Waals surface area contributed by atoms with Gasteiger partial charge in [0.05, 0.1) is 0 Å². The van der Waals surface area contributed by atoms with E-state index < -0.39 is 0 Å². The second-order valence-corrected chi connectivity index (χ2v) is 6.07. The van der Waals surface area contributed by atoms with Gasteiger partial charge in [0.2, 0.25) is 0 Å². The van der Waals surface area contributed by atoms with Gasteiger partial charge in [-0.15, -0.1) is 0 Å². The van der Waals surface area contributed by atoms with Crippen molar-refractivity contribution in [2.75, 3.05) is 5.73 Å². The molecule has 1 nitrogen and oxygen atoms in total. The molecule has 0 radical (unpaired) electrons. The first-order valence-corrected chi connectivity index (χ1v) is 6.17. The van der Waals surface area contributed by atoms with Crippen LogP contribution >= 0.6 is 0 Å². The first-order chi connectivity index (χ1) is 7.27. The molecular formula is C15H23N. The molecule has 16 heavy (non-hydrogen) atoms. The van der Waals surface area contributed by atoms with E-state index in [1.807, 2.05) is 0 Å². The molecule has 1 aromatic carbocycles. The normalized spacial score (nSPS) is 22.2. The monoisotopic (exact) mass is 217 g/mol. The molecule has 0 aliphatic heterocycles. The van der Waals surface area contributed by atoms with Gasteiger partial charge in [-0.05, 0) is 66.3 Å². The maximum atomic E-state index is 6.32. The van der Waals surface area contributed by atoms with Crippen LogP contribution in [0.1, 0.15) is 60.9 Å². The molecule has 2 rings (SSSR count). The summed E-state index contributed by atoms with van der Waals surface area (Å²) in [6, 6.07) is 0. The fourth-order valence-electron chi connectivity index (χ4n) is 3.56. The Morgan fingerprint density at radius 1 is 1.06 bits per heavy atom. The van der Waals surface area contributed by atoms with Crippen LogP contribution in [0.25, 0.3) is 0 Å². The number of hydrogen-bond donors (Lipinski definition) is 1. The molecule has 1 aliphatic carbocycles. The Morgan fingerprint density at radius 3 is 2.19 bits per heavy atom. The summed E-state index contributed by atoms with van der Waals surface area (Å²) in [7, 11) is 0. The predicted octanol–water partition coefficient (Wildman–Crippen LogP) is 3.98. The first kappa shape index (κ1) is 11.5. The lowest BCUT2D eigenvalue weighted by Gasteiger charge is -2.24. The Balaban J connectivity index is 2.86. The number of benzene rings is 1. The van der Waals surface area contributed by atoms with E-state index in [-0.39, 0.29) is 5.41 Å². The molecule has 0 heterocycles. The fraction of sp³-hybridized carbons (Fsp3) is 0.600. The Kier molecular flexibility index (Phi) is 2.34. The predicted molar refractivity (Wildman–Crippen MR) is 71.1 cm³/mol. The van der Waals surface area contributed by atoms with Crippen molar-refractivity contribution in [1.82, 2.24) is 0 Å². The zero-order valence-electron chi connectivity index (χ0n) is 11.4. The maximum Gasteiger partial charge on any atom is 0.0384 e. The molecule has 1 aliphatic rings. The molecule has 88 valence electrons. The van der Waals surface area contributed by atoms with Crippen LogP contribution < -0.4 is 5.73 Å². The lowest BCUT2D eigenvalue weighted by atomic mass is 9.81. The average Bonchev–Trinajstić information content (AvgIpc) is 2.42. The van der Waals surface area contributed by atoms with E-state index in [4.69, 9.17) is 5.73 Å². The highest BCUT2D eigenvalue weighted by Gasteiger charge is 2.38. The molecule has 0 fully saturated rings. The molecule has 0 bridgehead atoms. The molecule has 0 aromatic heterocycles. The summed E-state index contributed by atoms with van der Waals surface area (Å²) in [6.07, 6.45) is 1.22. The molecular weight excluding hydrogens is 194 g/mol. The SMILES string of the molecule is Cc1c(C)c(N)c2c(c1C)C(C)(C)CC2C. The molecule has 1 heteroatoms. The summed E-state index contributed by atoms with van der Waals surface area (Å²) in [5, 5.41) is 0. The van der Waals surface area contributed by atoms with Crippen molar-refractivity contribution in [2.45, 2.75) is 59.3 Å². The van der Waals surface area contributed by atoms with Crippen molar-refractivity contribution in [3.05, 3.63) is 27.8 Å². The van der Waals surface area contributed by atoms with E-state index in [0.29, 0.717) is 5.92 Å². The quantitative estimate of drug-likeness (QED) is 0.654. The van der Waals surface area contributed by atoms with Crippen LogP contribution in [-0.4, -0.2) is 0 Å². The zero-order valence-corrected chi connectivity index (χ0v) is 11.4. The Labute approximate surface area is 99.0 Å². The van der Waals surface area contributed by atoms with Gasteiger partial charge in [-0.1, -0.05) is 20.8 Å². The molecule has 0 spiro atoms. The molecule has 0 saturated carbocycles. The van der Waals surface area contributed by atoms with Gasteiger partial charge in [0.15, 0.2) is 0 Å². The Hall–Kier alpha value is -0.980. The summed E-state index contributed by atoms with van der Waals surface area (Å²) in [5.74, 6) is 0.600. The summed E-state index contributed by atoms with van der Waals surface area (Å²) in [4.78, 5) is 0. The van der Waals surface area contributed by atoms with Gasteiger partial charge in [0.1, 0.15) is 0 Å². The van der Waals surface area contributed by atoms with E-state index in [1.54, 1.807) is 0 Å². The second-order valence-electron chi connectivity index (χ2n) is 6.07. The van der Waals surface area contributed by atoms with Crippen molar-refractivity contribution >= 4 is 5.69 Å². The van der Waals surface area contributed by atoms with Crippen LogP contribution in [0.3, 0.4) is 0 Å². The lowest BCUT2D eigenvalue weighted by Crippen LogP contribution is -2.15. The lowest BCUT2D eigenvalue weighted by molar-refractivity contribution is 0.487. The first-order valence-electron chi connectivity index (χ1n) is 6.17. The third-order valence-electron chi connectivity index (χ3n) is 4.45. The summed E-state index contributed by atoms with van der Waals surface area (Å²) >= 11 is 0. The maximum absolute atomic E-state index is 6.32. The average molecular weight is 217 g/mol. The van der Waals surface area contributed by atoms with Crippen molar-refractivity contribution in [2.24, 2.45) is 0 Å². The number of hydrogen-bond acceptors (Lipinski definition) is 1. The van der Waals surface area contributed by atoms with Crippen LogP contribution in [0.2, 0.25) is 0 Å². The van der Waals surface area contributed by atoms with Gasteiger partial charge < -0.3 is 5.73 Å². The van der Waals surface area contributed by atoms with Crippen LogP contribution in [-0.2, 0) is 5.41 Å². The molecule has 1 unspecified atom stereocenters. The smallest absolute Gasteiger partial charge is 0.0384 e. The van der Waals surface area contributed by atoms with E-state index >= 15 is 0 Å². The zero-order chi connectivity index (χ0) is 12.2. The van der Waals surface area contributed by atoms with Gasteiger partial charge >= 0.3 is 0 Å². The Bertz CT molecular complexity index is 455. The number of fused-ring (bicyclic) bond motifs is 1. The number of anilines is 1. The van der Waals surface area contributed by atoms with Crippen LogP contribution in [0.15, 0.2) is 0 Å². The highest BCUT2D eigenvalue weighted by molar-refractivity contribution is 5.67. The minimum absolute atomic E-state index is 0.283. The molecule has 0 saturated heterocycles. The summed E-state index contributed by atoms with van der Waals surface area (Å²) in [5.41, 5.74) is 14.7. The Morgan fingerprint density at radius 2 is 1.62 bits per heavy atom. The van der Waals surface area contributed by atoms with E-state index in [1.165, 1.54) is 34.2 Å². The molecule has 0 amide bonds. The largest absolute Gasteiger partial charge is 0.398 e. The second kappa shape index (κ2) is 3.26. The minimum Gasteiger partial charge on any atom is -0.398 e.